The minimum Gasteiger partial charge on any atom is -0.495 e. The highest BCUT2D eigenvalue weighted by atomic mass is 16.5. The third-order valence-electron chi connectivity index (χ3n) is 7.37. The normalized spacial score (nSPS) is 39.1. The Balaban J connectivity index is 1.84. The monoisotopic (exact) mass is 337 g/mol. The van der Waals surface area contributed by atoms with Crippen LogP contribution in [0, 0.1) is 5.92 Å². The van der Waals surface area contributed by atoms with Crippen molar-refractivity contribution in [3.05, 3.63) is 46.7 Å². The molecule has 1 N–H and O–H groups in total. The van der Waals surface area contributed by atoms with Crippen molar-refractivity contribution in [1.82, 2.24) is 0 Å². The number of para-hydroxylation sites is 1. The summed E-state index contributed by atoms with van der Waals surface area (Å²) in [7, 11) is 4.12. The maximum Gasteiger partial charge on any atom is 0.148 e. The van der Waals surface area contributed by atoms with Crippen LogP contribution in [0.1, 0.15) is 25.3 Å². The number of fused-ring (bicyclic) bond motifs is 2. The number of ether oxygens (including phenoxy) is 1. The molecule has 1 aromatic carbocycles. The highest BCUT2D eigenvalue weighted by molar-refractivity contribution is 5.86. The minimum absolute atomic E-state index is 0.0510. The van der Waals surface area contributed by atoms with Crippen molar-refractivity contribution in [2.45, 2.75) is 31.2 Å². The van der Waals surface area contributed by atoms with Crippen LogP contribution in [0.25, 0.3) is 0 Å². The molecule has 3 heterocycles. The molecule has 2 fully saturated rings. The van der Waals surface area contributed by atoms with Gasteiger partial charge in [-0.3, -0.25) is 4.79 Å². The van der Waals surface area contributed by atoms with Gasteiger partial charge in [0.05, 0.1) is 31.8 Å². The second kappa shape index (κ2) is 4.76. The number of piperidine rings is 1. The van der Waals surface area contributed by atoms with Crippen molar-refractivity contribution >= 4 is 12.0 Å². The number of carbonyl (C=O) groups is 1. The highest BCUT2D eigenvalue weighted by Crippen LogP contribution is 2.63. The van der Waals surface area contributed by atoms with Crippen LogP contribution in [0.4, 0.5) is 5.69 Å². The molecule has 4 atom stereocenters. The zero-order valence-electron chi connectivity index (χ0n) is 15.1. The summed E-state index contributed by atoms with van der Waals surface area (Å²) in [5.41, 5.74) is 5.90. The number of hydrogen-bond acceptors (Lipinski definition) is 3. The number of methoxy groups -OCH3 is 1. The number of likely N-dealkylation sites (N-methyl/N-ethyl adjacent to an activating group) is 1. The molecule has 5 rings (SSSR count). The van der Waals surface area contributed by atoms with Gasteiger partial charge in [-0.2, -0.15) is 0 Å². The third kappa shape index (κ3) is 1.59. The van der Waals surface area contributed by atoms with E-state index in [0.29, 0.717) is 6.04 Å². The molecule has 4 nitrogen and oxygen atoms in total. The lowest BCUT2D eigenvalue weighted by Crippen LogP contribution is -2.61. The van der Waals surface area contributed by atoms with Gasteiger partial charge in [0.25, 0.3) is 0 Å². The van der Waals surface area contributed by atoms with Gasteiger partial charge in [0.1, 0.15) is 24.6 Å². The van der Waals surface area contributed by atoms with Gasteiger partial charge in [-0.1, -0.05) is 18.2 Å². The van der Waals surface area contributed by atoms with Crippen molar-refractivity contribution < 1.29 is 14.0 Å². The van der Waals surface area contributed by atoms with Crippen LogP contribution in [-0.4, -0.2) is 44.1 Å². The molecular weight excluding hydrogens is 312 g/mol. The van der Waals surface area contributed by atoms with E-state index in [4.69, 9.17) is 4.74 Å². The molecule has 25 heavy (non-hydrogen) atoms. The SMILES string of the molecule is C/C=C1/C[N+]2(C)CC[C@@]34C(=C(C=O)[C@@H]1C[C@H]32)Nc1c(OC)cccc14. The molecule has 1 spiro atoms. The quantitative estimate of drug-likeness (QED) is 0.512. The van der Waals surface area contributed by atoms with Crippen molar-refractivity contribution in [3.63, 3.8) is 0 Å². The van der Waals surface area contributed by atoms with Crippen molar-refractivity contribution in [2.75, 3.05) is 32.6 Å². The summed E-state index contributed by atoms with van der Waals surface area (Å²) in [6.45, 7) is 4.34. The fourth-order valence-corrected chi connectivity index (χ4v) is 6.28. The summed E-state index contributed by atoms with van der Waals surface area (Å²) in [5.74, 6) is 1.15. The lowest BCUT2D eigenvalue weighted by Gasteiger charge is -2.51. The predicted octanol–water partition coefficient (Wildman–Crippen LogP) is 3.01. The van der Waals surface area contributed by atoms with Crippen molar-refractivity contribution in [3.8, 4) is 5.75 Å². The zero-order chi connectivity index (χ0) is 17.4. The largest absolute Gasteiger partial charge is 0.495 e. The van der Waals surface area contributed by atoms with Crippen LogP contribution >= 0.6 is 0 Å². The lowest BCUT2D eigenvalue weighted by atomic mass is 9.61. The minimum atomic E-state index is -0.0510. The summed E-state index contributed by atoms with van der Waals surface area (Å²) in [6.07, 6.45) is 5.52. The first-order chi connectivity index (χ1) is 12.1. The van der Waals surface area contributed by atoms with E-state index < -0.39 is 0 Å². The number of benzene rings is 1. The highest BCUT2D eigenvalue weighted by Gasteiger charge is 2.67. The molecule has 130 valence electrons. The Labute approximate surface area is 148 Å². The first-order valence-electron chi connectivity index (χ1n) is 9.22. The Bertz CT molecular complexity index is 855. The fourth-order valence-electron chi connectivity index (χ4n) is 6.28. The van der Waals surface area contributed by atoms with Gasteiger partial charge in [-0.05, 0) is 24.1 Å². The number of anilines is 1. The molecular formula is C21H25N2O2+. The van der Waals surface area contributed by atoms with E-state index in [9.17, 15) is 4.79 Å². The van der Waals surface area contributed by atoms with Crippen LogP contribution in [0.3, 0.4) is 0 Å². The second-order valence-corrected chi connectivity index (χ2v) is 8.21. The number of rotatable bonds is 2. The summed E-state index contributed by atoms with van der Waals surface area (Å²) < 4.78 is 6.71. The molecule has 1 unspecified atom stereocenters. The molecule has 1 aromatic rings. The average Bonchev–Trinajstić information content (AvgIpc) is 3.14. The van der Waals surface area contributed by atoms with Crippen LogP contribution in [-0.2, 0) is 10.2 Å². The lowest BCUT2D eigenvalue weighted by molar-refractivity contribution is -0.923. The number of hydrogen-bond donors (Lipinski definition) is 1. The Kier molecular flexibility index (Phi) is 2.89. The topological polar surface area (TPSA) is 38.3 Å². The molecule has 4 aliphatic rings. The molecule has 4 heteroatoms. The number of allylic oxidation sites excluding steroid dienone is 2. The third-order valence-corrected chi connectivity index (χ3v) is 7.37. The molecule has 0 radical (unpaired) electrons. The van der Waals surface area contributed by atoms with E-state index in [0.717, 1.165) is 59.4 Å². The Hall–Kier alpha value is -2.07. The molecule has 2 saturated heterocycles. The number of nitrogens with zero attached hydrogens (tertiary/aromatic N) is 1. The molecule has 0 amide bonds. The van der Waals surface area contributed by atoms with Gasteiger partial charge in [-0.25, -0.2) is 0 Å². The van der Waals surface area contributed by atoms with E-state index in [1.54, 1.807) is 7.11 Å². The van der Waals surface area contributed by atoms with E-state index in [1.165, 1.54) is 11.1 Å². The van der Waals surface area contributed by atoms with Crippen LogP contribution in [0.2, 0.25) is 0 Å². The fraction of sp³-hybridized carbons (Fsp3) is 0.476. The molecule has 1 aliphatic carbocycles. The molecule has 3 aliphatic heterocycles. The Morgan fingerprint density at radius 2 is 2.24 bits per heavy atom. The molecule has 0 saturated carbocycles. The first kappa shape index (κ1) is 15.2. The van der Waals surface area contributed by atoms with Crippen molar-refractivity contribution in [1.29, 1.82) is 0 Å². The standard InChI is InChI=1S/C21H24N2O2/c1-4-13-11-23(2)9-8-21-16-6-5-7-17(25-3)19(16)22-20(21)15(12-24)14(13)10-18(21)23/h4-7,12,14,18H,8-11H2,1-3H3/p+1/b13-4-/t14-,18-,21+,23?/m1/s1. The Morgan fingerprint density at radius 3 is 2.96 bits per heavy atom. The predicted molar refractivity (Wildman–Crippen MR) is 97.6 cm³/mol. The van der Waals surface area contributed by atoms with Crippen molar-refractivity contribution in [2.24, 2.45) is 5.92 Å². The van der Waals surface area contributed by atoms with Gasteiger partial charge < -0.3 is 14.5 Å². The summed E-state index contributed by atoms with van der Waals surface area (Å²) in [4.78, 5) is 12.2. The van der Waals surface area contributed by atoms with E-state index >= 15 is 0 Å². The molecule has 2 bridgehead atoms. The number of aldehydes is 1. The maximum atomic E-state index is 12.2. The number of carbonyl (C=O) groups excluding carboxylic acids is 1. The summed E-state index contributed by atoms with van der Waals surface area (Å²) in [5, 5.41) is 3.65. The smallest absolute Gasteiger partial charge is 0.148 e. The van der Waals surface area contributed by atoms with E-state index in [1.807, 2.05) is 6.07 Å². The number of quaternary nitrogens is 1. The maximum absolute atomic E-state index is 12.2. The van der Waals surface area contributed by atoms with Crippen LogP contribution in [0.5, 0.6) is 5.75 Å². The van der Waals surface area contributed by atoms with Gasteiger partial charge in [0.2, 0.25) is 0 Å². The van der Waals surface area contributed by atoms with Gasteiger partial charge in [0.15, 0.2) is 0 Å². The van der Waals surface area contributed by atoms with Gasteiger partial charge >= 0.3 is 0 Å². The van der Waals surface area contributed by atoms with Crippen LogP contribution < -0.4 is 10.1 Å². The van der Waals surface area contributed by atoms with E-state index in [2.05, 4.69) is 37.5 Å². The second-order valence-electron chi connectivity index (χ2n) is 8.21. The average molecular weight is 337 g/mol. The first-order valence-corrected chi connectivity index (χ1v) is 9.22. The number of nitrogens with one attached hydrogen (secondary N) is 1. The summed E-state index contributed by atoms with van der Waals surface area (Å²) >= 11 is 0. The summed E-state index contributed by atoms with van der Waals surface area (Å²) in [6, 6.07) is 6.86. The van der Waals surface area contributed by atoms with Gasteiger partial charge in [-0.15, -0.1) is 0 Å². The molecule has 0 aromatic heterocycles. The van der Waals surface area contributed by atoms with Gasteiger partial charge in [0, 0.05) is 30.0 Å². The van der Waals surface area contributed by atoms with Crippen LogP contribution in [0.15, 0.2) is 41.1 Å². The Morgan fingerprint density at radius 1 is 1.40 bits per heavy atom. The van der Waals surface area contributed by atoms with E-state index in [-0.39, 0.29) is 11.3 Å². The zero-order valence-corrected chi connectivity index (χ0v) is 15.1.